The van der Waals surface area contributed by atoms with Gasteiger partial charge in [0.15, 0.2) is 15.0 Å². The molecule has 2 atom stereocenters. The molecule has 5 nitrogen and oxygen atoms in total. The second kappa shape index (κ2) is 6.31. The molecule has 2 aliphatic heterocycles. The van der Waals surface area contributed by atoms with E-state index in [0.29, 0.717) is 5.17 Å². The predicted molar refractivity (Wildman–Crippen MR) is 103 cm³/mol. The minimum atomic E-state index is -3.01. The average molecular weight is 371 g/mol. The zero-order chi connectivity index (χ0) is 17.4. The molecule has 1 N–H and O–H groups in total. The third kappa shape index (κ3) is 3.34. The Balaban J connectivity index is 1.51. The van der Waals surface area contributed by atoms with Crippen molar-refractivity contribution in [2.24, 2.45) is 5.10 Å². The van der Waals surface area contributed by atoms with Crippen molar-refractivity contribution >= 4 is 33.0 Å². The molecular formula is C18H17N3O2S2. The monoisotopic (exact) mass is 371 g/mol. The lowest BCUT2D eigenvalue weighted by Gasteiger charge is -2.17. The summed E-state index contributed by atoms with van der Waals surface area (Å²) >= 11 is 1.30. The van der Waals surface area contributed by atoms with Crippen molar-refractivity contribution in [2.75, 3.05) is 11.5 Å². The van der Waals surface area contributed by atoms with Crippen molar-refractivity contribution in [1.29, 1.82) is 5.41 Å². The van der Waals surface area contributed by atoms with E-state index in [4.69, 9.17) is 5.41 Å². The van der Waals surface area contributed by atoms with Gasteiger partial charge in [0, 0.05) is 5.25 Å². The predicted octanol–water partition coefficient (Wildman–Crippen LogP) is 2.84. The Labute approximate surface area is 151 Å². The molecule has 2 saturated heterocycles. The van der Waals surface area contributed by atoms with Gasteiger partial charge in [-0.15, -0.1) is 0 Å². The molecule has 0 spiro atoms. The summed E-state index contributed by atoms with van der Waals surface area (Å²) in [6.45, 7) is 0. The van der Waals surface area contributed by atoms with Gasteiger partial charge in [0.25, 0.3) is 0 Å². The van der Waals surface area contributed by atoms with Gasteiger partial charge in [0.2, 0.25) is 0 Å². The fraction of sp³-hybridized carbons (Fsp3) is 0.222. The highest BCUT2D eigenvalue weighted by molar-refractivity contribution is 8.15. The summed E-state index contributed by atoms with van der Waals surface area (Å²) < 4.78 is 23.6. The van der Waals surface area contributed by atoms with Gasteiger partial charge >= 0.3 is 0 Å². The molecule has 0 aliphatic carbocycles. The zero-order valence-electron chi connectivity index (χ0n) is 13.4. The minimum Gasteiger partial charge on any atom is -0.277 e. The average Bonchev–Trinajstić information content (AvgIpc) is 3.04. The first kappa shape index (κ1) is 16.4. The van der Waals surface area contributed by atoms with E-state index in [1.165, 1.54) is 11.8 Å². The van der Waals surface area contributed by atoms with Gasteiger partial charge in [0.05, 0.1) is 23.8 Å². The van der Waals surface area contributed by atoms with Crippen LogP contribution in [0.15, 0.2) is 59.7 Å². The summed E-state index contributed by atoms with van der Waals surface area (Å²) in [6.07, 6.45) is 1.69. The maximum atomic E-state index is 11.8. The van der Waals surface area contributed by atoms with Crippen LogP contribution >= 0.6 is 11.8 Å². The summed E-state index contributed by atoms with van der Waals surface area (Å²) in [7, 11) is -3.01. The smallest absolute Gasteiger partial charge is 0.177 e. The van der Waals surface area contributed by atoms with Crippen LogP contribution < -0.4 is 0 Å². The lowest BCUT2D eigenvalue weighted by atomic mass is 10.0. The van der Waals surface area contributed by atoms with E-state index >= 15 is 0 Å². The molecule has 2 aromatic carbocycles. The van der Waals surface area contributed by atoms with Crippen molar-refractivity contribution in [1.82, 2.24) is 5.01 Å². The van der Waals surface area contributed by atoms with Crippen molar-refractivity contribution < 1.29 is 8.42 Å². The van der Waals surface area contributed by atoms with Gasteiger partial charge in [-0.25, -0.2) is 13.4 Å². The highest BCUT2D eigenvalue weighted by Gasteiger charge is 2.48. The normalized spacial score (nSPS) is 24.8. The lowest BCUT2D eigenvalue weighted by Crippen LogP contribution is -2.32. The number of hydrogen-bond acceptors (Lipinski definition) is 5. The molecule has 0 saturated carbocycles. The van der Waals surface area contributed by atoms with Gasteiger partial charge < -0.3 is 0 Å². The van der Waals surface area contributed by atoms with Crippen LogP contribution in [0.25, 0.3) is 11.1 Å². The summed E-state index contributed by atoms with van der Waals surface area (Å²) in [4.78, 5) is 0. The van der Waals surface area contributed by atoms with Crippen molar-refractivity contribution in [2.45, 2.75) is 11.3 Å². The zero-order valence-corrected chi connectivity index (χ0v) is 15.0. The Kier molecular flexibility index (Phi) is 4.13. The first-order chi connectivity index (χ1) is 12.0. The summed E-state index contributed by atoms with van der Waals surface area (Å²) in [5.41, 5.74) is 3.20. The van der Waals surface area contributed by atoms with E-state index in [-0.39, 0.29) is 22.8 Å². The molecule has 7 heteroatoms. The van der Waals surface area contributed by atoms with Crippen LogP contribution in [0.1, 0.15) is 5.56 Å². The third-order valence-electron chi connectivity index (χ3n) is 4.41. The molecule has 2 unspecified atom stereocenters. The van der Waals surface area contributed by atoms with E-state index in [9.17, 15) is 8.42 Å². The Morgan fingerprint density at radius 3 is 2.44 bits per heavy atom. The molecule has 0 bridgehead atoms. The van der Waals surface area contributed by atoms with Crippen LogP contribution in [0.5, 0.6) is 0 Å². The Bertz CT molecular complexity index is 925. The highest BCUT2D eigenvalue weighted by Crippen LogP contribution is 2.37. The van der Waals surface area contributed by atoms with Gasteiger partial charge in [-0.3, -0.25) is 5.41 Å². The number of fused-ring (bicyclic) bond motifs is 1. The Hall–Kier alpha value is -2.12. The van der Waals surface area contributed by atoms with Crippen molar-refractivity contribution in [3.8, 4) is 11.1 Å². The molecule has 128 valence electrons. The molecule has 2 fully saturated rings. The first-order valence-corrected chi connectivity index (χ1v) is 10.7. The van der Waals surface area contributed by atoms with Gasteiger partial charge in [-0.1, -0.05) is 66.4 Å². The third-order valence-corrected chi connectivity index (χ3v) is 7.53. The number of benzene rings is 2. The number of rotatable bonds is 3. The Morgan fingerprint density at radius 2 is 1.72 bits per heavy atom. The molecule has 2 heterocycles. The number of amidine groups is 1. The van der Waals surface area contributed by atoms with E-state index in [2.05, 4.69) is 17.2 Å². The summed E-state index contributed by atoms with van der Waals surface area (Å²) in [5.74, 6) is 0.222. The SMILES string of the molecule is N=C1SC2CS(=O)(=O)CC2N1/N=C/c1ccc(-c2ccccc2)cc1. The van der Waals surface area contributed by atoms with Crippen molar-refractivity contribution in [3.05, 3.63) is 60.2 Å². The largest absolute Gasteiger partial charge is 0.277 e. The van der Waals surface area contributed by atoms with E-state index in [1.54, 1.807) is 11.2 Å². The van der Waals surface area contributed by atoms with E-state index in [0.717, 1.165) is 16.7 Å². The number of nitrogens with one attached hydrogen (secondary N) is 1. The van der Waals surface area contributed by atoms with E-state index in [1.807, 2.05) is 42.5 Å². The fourth-order valence-electron chi connectivity index (χ4n) is 3.14. The number of hydrazone groups is 1. The van der Waals surface area contributed by atoms with Crippen LogP contribution in [-0.2, 0) is 9.84 Å². The second-order valence-electron chi connectivity index (χ2n) is 6.18. The molecule has 0 radical (unpaired) electrons. The second-order valence-corrected chi connectivity index (χ2v) is 9.56. The molecular weight excluding hydrogens is 354 g/mol. The molecule has 2 aromatic rings. The summed E-state index contributed by atoms with van der Waals surface area (Å²) in [5, 5.41) is 14.2. The highest BCUT2D eigenvalue weighted by atomic mass is 32.2. The van der Waals surface area contributed by atoms with Crippen molar-refractivity contribution in [3.63, 3.8) is 0 Å². The standard InChI is InChI=1S/C18H17N3O2S2/c19-18-21(16-11-25(22,23)12-17(16)24-18)20-10-13-6-8-15(9-7-13)14-4-2-1-3-5-14/h1-10,16-17,19H,11-12H2/b19-18?,20-10+. The molecule has 2 aliphatic rings. The maximum Gasteiger partial charge on any atom is 0.177 e. The number of thioether (sulfide) groups is 1. The van der Waals surface area contributed by atoms with Gasteiger partial charge in [0.1, 0.15) is 0 Å². The molecule has 0 amide bonds. The Morgan fingerprint density at radius 1 is 1.04 bits per heavy atom. The maximum absolute atomic E-state index is 11.8. The van der Waals surface area contributed by atoms with Gasteiger partial charge in [-0.05, 0) is 16.7 Å². The van der Waals surface area contributed by atoms with Crippen LogP contribution in [0.4, 0.5) is 0 Å². The van der Waals surface area contributed by atoms with Crippen LogP contribution in [0.3, 0.4) is 0 Å². The molecule has 0 aromatic heterocycles. The summed E-state index contributed by atoms with van der Waals surface area (Å²) in [6, 6.07) is 17.9. The number of sulfone groups is 1. The minimum absolute atomic E-state index is 0.0740. The van der Waals surface area contributed by atoms with Gasteiger partial charge in [-0.2, -0.15) is 5.10 Å². The quantitative estimate of drug-likeness (QED) is 0.842. The number of nitrogens with zero attached hydrogens (tertiary/aromatic N) is 2. The number of hydrogen-bond donors (Lipinski definition) is 1. The first-order valence-electron chi connectivity index (χ1n) is 7.96. The fourth-order valence-corrected chi connectivity index (χ4v) is 6.86. The van der Waals surface area contributed by atoms with E-state index < -0.39 is 9.84 Å². The van der Waals surface area contributed by atoms with Crippen LogP contribution in [0, 0.1) is 5.41 Å². The molecule has 25 heavy (non-hydrogen) atoms. The molecule has 4 rings (SSSR count). The van der Waals surface area contributed by atoms with Crippen LogP contribution in [0.2, 0.25) is 0 Å². The van der Waals surface area contributed by atoms with Crippen LogP contribution in [-0.4, -0.2) is 47.6 Å². The topological polar surface area (TPSA) is 73.6 Å². The lowest BCUT2D eigenvalue weighted by molar-refractivity contribution is 0.376.